The minimum atomic E-state index is 0.723. The van der Waals surface area contributed by atoms with Crippen molar-refractivity contribution in [2.75, 3.05) is 0 Å². The maximum absolute atomic E-state index is 4.41. The van der Waals surface area contributed by atoms with Gasteiger partial charge >= 0.3 is 0 Å². The highest BCUT2D eigenvalue weighted by Gasteiger charge is 2.02. The third kappa shape index (κ3) is 3.56. The van der Waals surface area contributed by atoms with Crippen LogP contribution in [0, 0.1) is 9.49 Å². The first-order chi connectivity index (χ1) is 8.15. The lowest BCUT2D eigenvalue weighted by Crippen LogP contribution is -2.01. The average molecular weight is 340 g/mol. The monoisotopic (exact) mass is 340 g/mol. The number of hydrogen-bond acceptors (Lipinski definition) is 1. The smallest absolute Gasteiger partial charge is 0.0568 e. The van der Waals surface area contributed by atoms with Crippen LogP contribution in [0.4, 0.5) is 0 Å². The Bertz CT molecular complexity index is 488. The van der Waals surface area contributed by atoms with Crippen molar-refractivity contribution in [2.24, 2.45) is 5.92 Å². The van der Waals surface area contributed by atoms with Gasteiger partial charge in [0.2, 0.25) is 0 Å². The summed E-state index contributed by atoms with van der Waals surface area (Å²) in [4.78, 5) is 0. The molecule has 0 atom stereocenters. The molecule has 17 heavy (non-hydrogen) atoms. The maximum atomic E-state index is 4.41. The van der Waals surface area contributed by atoms with E-state index in [9.17, 15) is 0 Å². The summed E-state index contributed by atoms with van der Waals surface area (Å²) in [5, 5.41) is 4.41. The molecule has 0 unspecified atom stereocenters. The first-order valence-electron chi connectivity index (χ1n) is 5.93. The van der Waals surface area contributed by atoms with E-state index in [2.05, 4.69) is 72.0 Å². The highest BCUT2D eigenvalue weighted by Crippen LogP contribution is 2.20. The Morgan fingerprint density at radius 1 is 1.29 bits per heavy atom. The quantitative estimate of drug-likeness (QED) is 0.763. The van der Waals surface area contributed by atoms with Crippen LogP contribution in [-0.4, -0.2) is 9.78 Å². The van der Waals surface area contributed by atoms with Gasteiger partial charge in [0.25, 0.3) is 0 Å². The predicted molar refractivity (Wildman–Crippen MR) is 79.8 cm³/mol. The molecule has 0 aliphatic heterocycles. The lowest BCUT2D eigenvalue weighted by Gasteiger charge is -2.03. The highest BCUT2D eigenvalue weighted by molar-refractivity contribution is 14.1. The summed E-state index contributed by atoms with van der Waals surface area (Å²) < 4.78 is 3.30. The van der Waals surface area contributed by atoms with Gasteiger partial charge < -0.3 is 0 Å². The molecule has 1 heterocycles. The van der Waals surface area contributed by atoms with E-state index in [1.54, 1.807) is 0 Å². The van der Waals surface area contributed by atoms with Crippen LogP contribution < -0.4 is 0 Å². The molecule has 3 heteroatoms. The van der Waals surface area contributed by atoms with Crippen molar-refractivity contribution in [3.05, 3.63) is 40.2 Å². The minimum Gasteiger partial charge on any atom is -0.272 e. The zero-order chi connectivity index (χ0) is 12.3. The van der Waals surface area contributed by atoms with Crippen molar-refractivity contribution < 1.29 is 0 Å². The van der Waals surface area contributed by atoms with E-state index in [1.165, 1.54) is 21.1 Å². The predicted octanol–water partition coefficient (Wildman–Crippen LogP) is 4.20. The van der Waals surface area contributed by atoms with Gasteiger partial charge in [-0.3, -0.25) is 4.68 Å². The fraction of sp³-hybridized carbons (Fsp3) is 0.357. The van der Waals surface area contributed by atoms with Gasteiger partial charge in [-0.15, -0.1) is 0 Å². The summed E-state index contributed by atoms with van der Waals surface area (Å²) in [6.45, 7) is 5.48. The lowest BCUT2D eigenvalue weighted by molar-refractivity contribution is 0.487. The van der Waals surface area contributed by atoms with Gasteiger partial charge in [-0.25, -0.2) is 0 Å². The molecule has 0 fully saturated rings. The summed E-state index contributed by atoms with van der Waals surface area (Å²) >= 11 is 2.34. The number of rotatable bonds is 4. The molecular formula is C14H17IN2. The zero-order valence-electron chi connectivity index (χ0n) is 10.2. The Morgan fingerprint density at radius 3 is 2.82 bits per heavy atom. The van der Waals surface area contributed by atoms with Crippen molar-refractivity contribution in [1.29, 1.82) is 0 Å². The van der Waals surface area contributed by atoms with E-state index in [-0.39, 0.29) is 0 Å². The highest BCUT2D eigenvalue weighted by atomic mass is 127. The third-order valence-electron chi connectivity index (χ3n) is 2.73. The van der Waals surface area contributed by atoms with Crippen LogP contribution in [0.2, 0.25) is 0 Å². The topological polar surface area (TPSA) is 17.8 Å². The molecule has 90 valence electrons. The fourth-order valence-electron chi connectivity index (χ4n) is 1.69. The Morgan fingerprint density at radius 2 is 2.12 bits per heavy atom. The molecule has 0 aliphatic rings. The van der Waals surface area contributed by atoms with Crippen LogP contribution in [-0.2, 0) is 6.54 Å². The van der Waals surface area contributed by atoms with E-state index in [1.807, 2.05) is 10.9 Å². The molecule has 0 N–H and O–H groups in total. The van der Waals surface area contributed by atoms with Crippen LogP contribution >= 0.6 is 22.6 Å². The molecule has 1 aromatic carbocycles. The van der Waals surface area contributed by atoms with Crippen LogP contribution in [0.5, 0.6) is 0 Å². The SMILES string of the molecule is CC(C)CCn1cc(-c2cccc(I)c2)cn1. The molecule has 0 spiro atoms. The van der Waals surface area contributed by atoms with Gasteiger partial charge in [0.05, 0.1) is 6.20 Å². The summed E-state index contributed by atoms with van der Waals surface area (Å²) in [7, 11) is 0. The molecular weight excluding hydrogens is 323 g/mol. The van der Waals surface area contributed by atoms with Crippen molar-refractivity contribution in [1.82, 2.24) is 9.78 Å². The summed E-state index contributed by atoms with van der Waals surface area (Å²) in [5.41, 5.74) is 2.44. The molecule has 0 radical (unpaired) electrons. The molecule has 2 aromatic rings. The Hall–Kier alpha value is -0.840. The number of aryl methyl sites for hydroxylation is 1. The number of nitrogens with zero attached hydrogens (tertiary/aromatic N) is 2. The molecule has 1 aromatic heterocycles. The minimum absolute atomic E-state index is 0.723. The summed E-state index contributed by atoms with van der Waals surface area (Å²) in [6, 6.07) is 8.51. The van der Waals surface area contributed by atoms with Gasteiger partial charge in [-0.05, 0) is 52.6 Å². The Labute approximate surface area is 116 Å². The fourth-order valence-corrected chi connectivity index (χ4v) is 2.24. The third-order valence-corrected chi connectivity index (χ3v) is 3.40. The second-order valence-electron chi connectivity index (χ2n) is 4.68. The lowest BCUT2D eigenvalue weighted by atomic mass is 10.1. The number of hydrogen-bond donors (Lipinski definition) is 0. The molecule has 0 aliphatic carbocycles. The molecule has 2 nitrogen and oxygen atoms in total. The first-order valence-corrected chi connectivity index (χ1v) is 7.01. The molecule has 0 bridgehead atoms. The largest absolute Gasteiger partial charge is 0.272 e. The van der Waals surface area contributed by atoms with Gasteiger partial charge in [-0.2, -0.15) is 5.10 Å². The van der Waals surface area contributed by atoms with Gasteiger partial charge in [0, 0.05) is 21.9 Å². The Kier molecular flexibility index (Phi) is 4.20. The second kappa shape index (κ2) is 5.67. The van der Waals surface area contributed by atoms with Crippen molar-refractivity contribution in [2.45, 2.75) is 26.8 Å². The van der Waals surface area contributed by atoms with Gasteiger partial charge in [0.15, 0.2) is 0 Å². The standard InChI is InChI=1S/C14H17IN2/c1-11(2)6-7-17-10-13(9-16-17)12-4-3-5-14(15)8-12/h3-5,8-11H,6-7H2,1-2H3. The van der Waals surface area contributed by atoms with Crippen LogP contribution in [0.1, 0.15) is 20.3 Å². The normalized spacial score (nSPS) is 11.1. The molecule has 0 saturated heterocycles. The maximum Gasteiger partial charge on any atom is 0.0568 e. The van der Waals surface area contributed by atoms with Crippen LogP contribution in [0.25, 0.3) is 11.1 Å². The van der Waals surface area contributed by atoms with E-state index < -0.39 is 0 Å². The van der Waals surface area contributed by atoms with Gasteiger partial charge in [-0.1, -0.05) is 26.0 Å². The second-order valence-corrected chi connectivity index (χ2v) is 5.93. The zero-order valence-corrected chi connectivity index (χ0v) is 12.4. The Balaban J connectivity index is 2.12. The average Bonchev–Trinajstić information content (AvgIpc) is 2.75. The molecule has 0 amide bonds. The van der Waals surface area contributed by atoms with Crippen molar-refractivity contribution >= 4 is 22.6 Å². The number of benzene rings is 1. The van der Waals surface area contributed by atoms with Crippen molar-refractivity contribution in [3.8, 4) is 11.1 Å². The van der Waals surface area contributed by atoms with Crippen molar-refractivity contribution in [3.63, 3.8) is 0 Å². The summed E-state index contributed by atoms with van der Waals surface area (Å²) in [5.74, 6) is 0.723. The van der Waals surface area contributed by atoms with E-state index >= 15 is 0 Å². The first kappa shape index (κ1) is 12.6. The van der Waals surface area contributed by atoms with Crippen LogP contribution in [0.3, 0.4) is 0 Å². The summed E-state index contributed by atoms with van der Waals surface area (Å²) in [6.07, 6.45) is 5.26. The van der Waals surface area contributed by atoms with Crippen LogP contribution in [0.15, 0.2) is 36.7 Å². The molecule has 0 saturated carbocycles. The van der Waals surface area contributed by atoms with E-state index in [0.29, 0.717) is 0 Å². The number of aromatic nitrogens is 2. The van der Waals surface area contributed by atoms with E-state index in [0.717, 1.165) is 12.5 Å². The van der Waals surface area contributed by atoms with E-state index in [4.69, 9.17) is 0 Å². The molecule has 2 rings (SSSR count). The van der Waals surface area contributed by atoms with Gasteiger partial charge in [0.1, 0.15) is 0 Å². The number of halogens is 1.